The fourth-order valence-corrected chi connectivity index (χ4v) is 5.23. The monoisotopic (exact) mass is 568 g/mol. The number of amides is 1. The number of ether oxygens (including phenoxy) is 1. The second kappa shape index (κ2) is 9.72. The lowest BCUT2D eigenvalue weighted by atomic mass is 10.00. The van der Waals surface area contributed by atoms with Gasteiger partial charge in [0.2, 0.25) is 5.95 Å². The van der Waals surface area contributed by atoms with Gasteiger partial charge in [-0.25, -0.2) is 27.5 Å². The van der Waals surface area contributed by atoms with E-state index in [1.807, 2.05) is 0 Å². The van der Waals surface area contributed by atoms with Crippen molar-refractivity contribution in [3.63, 3.8) is 0 Å². The van der Waals surface area contributed by atoms with E-state index in [0.29, 0.717) is 57.1 Å². The number of likely N-dealkylation sites (tertiary alicyclic amines) is 1. The van der Waals surface area contributed by atoms with Crippen molar-refractivity contribution in [2.75, 3.05) is 30.3 Å². The summed E-state index contributed by atoms with van der Waals surface area (Å²) in [6.45, 7) is 7.59. The minimum absolute atomic E-state index is 0.0597. The number of hydrogen-bond donors (Lipinski definition) is 2. The van der Waals surface area contributed by atoms with Crippen molar-refractivity contribution in [3.05, 3.63) is 83.0 Å². The number of nitrogens with zero attached hydrogens (tertiary/aromatic N) is 4. The van der Waals surface area contributed by atoms with Gasteiger partial charge in [0.05, 0.1) is 11.4 Å². The fourth-order valence-electron chi connectivity index (χ4n) is 5.23. The zero-order chi connectivity index (χ0) is 29.1. The number of benzene rings is 2. The first-order chi connectivity index (χ1) is 19.3. The molecule has 1 saturated heterocycles. The first kappa shape index (κ1) is 27.0. The predicted octanol–water partition coefficient (Wildman–Crippen LogP) is 5.60. The maximum atomic E-state index is 14.0. The van der Waals surface area contributed by atoms with Crippen LogP contribution in [0, 0.1) is 0 Å². The molecule has 3 aliphatic rings. The molecule has 4 heterocycles. The topological polar surface area (TPSA) is 82.6 Å². The Morgan fingerprint density at radius 2 is 1.80 bits per heavy atom. The van der Waals surface area contributed by atoms with Crippen LogP contribution in [-0.4, -0.2) is 51.4 Å². The van der Waals surface area contributed by atoms with Crippen LogP contribution < -0.4 is 15.4 Å². The quantitative estimate of drug-likeness (QED) is 0.375. The maximum absolute atomic E-state index is 14.0. The summed E-state index contributed by atoms with van der Waals surface area (Å²) in [6, 6.07) is 8.56. The Balaban J connectivity index is 1.09. The van der Waals surface area contributed by atoms with Gasteiger partial charge in [0.15, 0.2) is 11.6 Å². The Hall–Kier alpha value is -4.19. The van der Waals surface area contributed by atoms with Gasteiger partial charge in [0, 0.05) is 86.6 Å². The fraction of sp³-hybridized carbons (Fsp3) is 0.345. The normalized spacial score (nSPS) is 17.3. The molecule has 2 N–H and O–H groups in total. The van der Waals surface area contributed by atoms with Crippen LogP contribution in [0.1, 0.15) is 46.6 Å². The molecule has 3 aliphatic heterocycles. The summed E-state index contributed by atoms with van der Waals surface area (Å²) in [4.78, 5) is 25.9. The van der Waals surface area contributed by atoms with Gasteiger partial charge in [0.25, 0.3) is 17.8 Å². The molecule has 1 amide bonds. The maximum Gasteiger partial charge on any atom is 0.270 e. The van der Waals surface area contributed by atoms with Crippen molar-refractivity contribution >= 4 is 23.2 Å². The predicted molar refractivity (Wildman–Crippen MR) is 145 cm³/mol. The molecular weight excluding hydrogens is 540 g/mol. The average molecular weight is 569 g/mol. The molecule has 0 spiro atoms. The van der Waals surface area contributed by atoms with Crippen LogP contribution in [0.25, 0.3) is 0 Å². The van der Waals surface area contributed by atoms with E-state index in [1.54, 1.807) is 29.3 Å². The Morgan fingerprint density at radius 3 is 2.49 bits per heavy atom. The summed E-state index contributed by atoms with van der Waals surface area (Å²) in [5, 5.41) is 5.82. The number of nitrogens with one attached hydrogen (secondary N) is 2. The highest BCUT2D eigenvalue weighted by Crippen LogP contribution is 2.37. The van der Waals surface area contributed by atoms with E-state index in [-0.39, 0.29) is 23.6 Å². The van der Waals surface area contributed by atoms with Crippen LogP contribution in [0.4, 0.5) is 34.9 Å². The number of halogens is 4. The van der Waals surface area contributed by atoms with Crippen molar-refractivity contribution in [1.29, 1.82) is 0 Å². The molecule has 0 radical (unpaired) electrons. The number of aromatic nitrogens is 2. The van der Waals surface area contributed by atoms with Gasteiger partial charge in [-0.05, 0) is 43.0 Å². The second-order valence-corrected chi connectivity index (χ2v) is 10.8. The first-order valence-electron chi connectivity index (χ1n) is 13.2. The Kier molecular flexibility index (Phi) is 6.40. The summed E-state index contributed by atoms with van der Waals surface area (Å²) < 4.78 is 61.4. The smallest absolute Gasteiger partial charge is 0.270 e. The molecular formula is C29H28F4N6O2. The van der Waals surface area contributed by atoms with Gasteiger partial charge in [-0.3, -0.25) is 9.69 Å². The van der Waals surface area contributed by atoms with Crippen molar-refractivity contribution < 1.29 is 27.1 Å². The van der Waals surface area contributed by atoms with Crippen molar-refractivity contribution in [3.8, 4) is 5.75 Å². The number of anilines is 3. The first-order valence-corrected chi connectivity index (χ1v) is 13.2. The van der Waals surface area contributed by atoms with E-state index in [1.165, 1.54) is 0 Å². The molecule has 6 rings (SSSR count). The van der Waals surface area contributed by atoms with Crippen LogP contribution in [0.2, 0.25) is 0 Å². The largest absolute Gasteiger partial charge is 0.439 e. The highest BCUT2D eigenvalue weighted by Gasteiger charge is 2.37. The average Bonchev–Trinajstić information content (AvgIpc) is 3.26. The summed E-state index contributed by atoms with van der Waals surface area (Å²) in [6.07, 6.45) is 2.29. The molecule has 41 heavy (non-hydrogen) atoms. The lowest BCUT2D eigenvalue weighted by Gasteiger charge is -2.46. The molecule has 1 aromatic heterocycles. The van der Waals surface area contributed by atoms with Gasteiger partial charge >= 0.3 is 0 Å². The van der Waals surface area contributed by atoms with Crippen molar-refractivity contribution in [1.82, 2.24) is 19.8 Å². The second-order valence-electron chi connectivity index (χ2n) is 10.8. The highest BCUT2D eigenvalue weighted by molar-refractivity contribution is 5.96. The third-order valence-corrected chi connectivity index (χ3v) is 7.57. The lowest BCUT2D eigenvalue weighted by molar-refractivity contribution is 0.0106. The van der Waals surface area contributed by atoms with E-state index in [0.717, 1.165) is 41.7 Å². The molecule has 0 unspecified atom stereocenters. The third-order valence-electron chi connectivity index (χ3n) is 7.57. The van der Waals surface area contributed by atoms with Crippen LogP contribution in [0.5, 0.6) is 5.75 Å². The van der Waals surface area contributed by atoms with Crippen LogP contribution in [0.3, 0.4) is 0 Å². The van der Waals surface area contributed by atoms with Gasteiger partial charge in [-0.15, -0.1) is 0 Å². The number of rotatable bonds is 6. The van der Waals surface area contributed by atoms with Gasteiger partial charge < -0.3 is 20.3 Å². The van der Waals surface area contributed by atoms with Crippen molar-refractivity contribution in [2.45, 2.75) is 44.7 Å². The number of fused-ring (bicyclic) bond motifs is 2. The summed E-state index contributed by atoms with van der Waals surface area (Å²) >= 11 is 0. The van der Waals surface area contributed by atoms with E-state index in [4.69, 9.17) is 4.74 Å². The summed E-state index contributed by atoms with van der Waals surface area (Å²) in [7, 11) is 0. The summed E-state index contributed by atoms with van der Waals surface area (Å²) in [5.74, 6) is -5.48. The minimum Gasteiger partial charge on any atom is -0.439 e. The number of carbonyl (C=O) groups excluding carboxylic acids is 1. The van der Waals surface area contributed by atoms with E-state index >= 15 is 0 Å². The van der Waals surface area contributed by atoms with E-state index in [2.05, 4.69) is 32.1 Å². The van der Waals surface area contributed by atoms with Crippen LogP contribution in [0.15, 0.2) is 55.1 Å². The molecule has 0 saturated carbocycles. The van der Waals surface area contributed by atoms with E-state index in [9.17, 15) is 22.4 Å². The lowest BCUT2D eigenvalue weighted by Crippen LogP contribution is -2.61. The molecule has 214 valence electrons. The number of alkyl halides is 4. The molecule has 8 nitrogen and oxygen atoms in total. The van der Waals surface area contributed by atoms with Gasteiger partial charge in [-0.1, -0.05) is 0 Å². The molecule has 1 fully saturated rings. The number of carbonyl (C=O) groups is 1. The Labute approximate surface area is 234 Å². The Morgan fingerprint density at radius 1 is 1.10 bits per heavy atom. The van der Waals surface area contributed by atoms with E-state index < -0.39 is 23.0 Å². The van der Waals surface area contributed by atoms with Crippen LogP contribution in [-0.2, 0) is 24.8 Å². The summed E-state index contributed by atoms with van der Waals surface area (Å²) in [5.41, 5.74) is 2.08. The SMILES string of the molecule is C=C1Nc2ccc(C(=O)N3CC(N4CCc5nc(Nc6cc(C(C)(F)F)cc(C(C)(F)F)c6)ncc5C4)C3)cc2O1. The van der Waals surface area contributed by atoms with Gasteiger partial charge in [0.1, 0.15) is 0 Å². The molecule has 0 aliphatic carbocycles. The number of hydrogen-bond acceptors (Lipinski definition) is 7. The standard InChI is InChI=1S/C29H28F4N6O2/c1-16-35-24-5-4-17(8-25(24)41-16)26(40)39-14-22(15-39)38-7-6-23-18(13-38)12-34-27(37-23)36-21-10-19(28(2,30)31)9-20(11-21)29(3,32)33/h4-5,8-12,22,35H,1,6-7,13-15H2,2-3H3,(H,34,36,37). The third kappa shape index (κ3) is 5.43. The Bertz CT molecular complexity index is 1510. The highest BCUT2D eigenvalue weighted by atomic mass is 19.3. The van der Waals surface area contributed by atoms with Crippen molar-refractivity contribution in [2.24, 2.45) is 0 Å². The molecule has 0 bridgehead atoms. The molecule has 0 atom stereocenters. The minimum atomic E-state index is -3.29. The zero-order valence-corrected chi connectivity index (χ0v) is 22.5. The zero-order valence-electron chi connectivity index (χ0n) is 22.5. The molecule has 12 heteroatoms. The van der Waals surface area contributed by atoms with Gasteiger partial charge in [-0.2, -0.15) is 0 Å². The van der Waals surface area contributed by atoms with Crippen LogP contribution >= 0.6 is 0 Å². The molecule has 2 aromatic carbocycles. The molecule has 3 aromatic rings.